The molecule has 0 saturated heterocycles. The number of hydrogen-bond acceptors (Lipinski definition) is 5. The van der Waals surface area contributed by atoms with Gasteiger partial charge in [0.25, 0.3) is 0 Å². The van der Waals surface area contributed by atoms with Gasteiger partial charge in [0.2, 0.25) is 5.91 Å². The van der Waals surface area contributed by atoms with E-state index in [1.165, 1.54) is 4.88 Å². The number of carbonyl (C=O) groups is 1. The normalized spacial score (nSPS) is 15.9. The van der Waals surface area contributed by atoms with Crippen LogP contribution in [-0.4, -0.2) is 25.7 Å². The highest BCUT2D eigenvalue weighted by Gasteiger charge is 2.43. The molecular formula is C19H21N5OS. The summed E-state index contributed by atoms with van der Waals surface area (Å²) in [4.78, 5) is 23.2. The fourth-order valence-corrected chi connectivity index (χ4v) is 4.71. The molecule has 3 heterocycles. The van der Waals surface area contributed by atoms with E-state index in [0.29, 0.717) is 6.54 Å². The van der Waals surface area contributed by atoms with E-state index in [1.54, 1.807) is 34.6 Å². The Hall–Kier alpha value is -2.54. The molecule has 3 aromatic rings. The molecule has 0 unspecified atom stereocenters. The Morgan fingerprint density at radius 3 is 2.81 bits per heavy atom. The summed E-state index contributed by atoms with van der Waals surface area (Å²) in [5, 5.41) is 9.37. The lowest BCUT2D eigenvalue weighted by Crippen LogP contribution is -2.42. The molecule has 1 fully saturated rings. The molecule has 3 aromatic heterocycles. The van der Waals surface area contributed by atoms with Gasteiger partial charge in [-0.1, -0.05) is 18.9 Å². The molecule has 0 aliphatic heterocycles. The first-order valence-corrected chi connectivity index (χ1v) is 9.68. The highest BCUT2D eigenvalue weighted by atomic mass is 32.1. The number of aromatic nitrogens is 4. The second kappa shape index (κ2) is 6.99. The molecule has 0 aromatic carbocycles. The van der Waals surface area contributed by atoms with E-state index in [0.717, 1.165) is 42.6 Å². The van der Waals surface area contributed by atoms with Gasteiger partial charge in [0.05, 0.1) is 29.5 Å². The first kappa shape index (κ1) is 16.9. The zero-order valence-electron chi connectivity index (χ0n) is 14.7. The van der Waals surface area contributed by atoms with Crippen LogP contribution in [0, 0.1) is 0 Å². The van der Waals surface area contributed by atoms with Crippen LogP contribution in [0.1, 0.15) is 36.3 Å². The van der Waals surface area contributed by atoms with Crippen molar-refractivity contribution in [2.24, 2.45) is 7.05 Å². The SMILES string of the molecule is Cn1cc(-c2nccnc2CNC(=O)C2(c3cccs3)CCCC2)cn1. The van der Waals surface area contributed by atoms with E-state index in [-0.39, 0.29) is 11.3 Å². The Morgan fingerprint density at radius 1 is 1.31 bits per heavy atom. The van der Waals surface area contributed by atoms with E-state index < -0.39 is 0 Å². The van der Waals surface area contributed by atoms with Crippen molar-refractivity contribution in [1.29, 1.82) is 0 Å². The summed E-state index contributed by atoms with van der Waals surface area (Å²) in [5.41, 5.74) is 2.04. The fraction of sp³-hybridized carbons (Fsp3) is 0.368. The number of nitrogens with one attached hydrogen (secondary N) is 1. The van der Waals surface area contributed by atoms with Crippen molar-refractivity contribution in [3.05, 3.63) is 52.9 Å². The van der Waals surface area contributed by atoms with Gasteiger partial charge in [0, 0.05) is 36.1 Å². The van der Waals surface area contributed by atoms with Crippen molar-refractivity contribution in [1.82, 2.24) is 25.1 Å². The van der Waals surface area contributed by atoms with Gasteiger partial charge in [0.1, 0.15) is 0 Å². The summed E-state index contributed by atoms with van der Waals surface area (Å²) >= 11 is 1.67. The quantitative estimate of drug-likeness (QED) is 0.752. The maximum Gasteiger partial charge on any atom is 0.231 e. The Morgan fingerprint density at radius 2 is 2.12 bits per heavy atom. The van der Waals surface area contributed by atoms with Crippen molar-refractivity contribution < 1.29 is 4.79 Å². The number of nitrogens with zero attached hydrogens (tertiary/aromatic N) is 4. The topological polar surface area (TPSA) is 72.7 Å². The lowest BCUT2D eigenvalue weighted by Gasteiger charge is -2.26. The lowest BCUT2D eigenvalue weighted by molar-refractivity contribution is -0.126. The Labute approximate surface area is 156 Å². The number of carbonyl (C=O) groups excluding carboxylic acids is 1. The first-order chi connectivity index (χ1) is 12.7. The molecule has 0 radical (unpaired) electrons. The number of thiophene rings is 1. The van der Waals surface area contributed by atoms with Gasteiger partial charge < -0.3 is 5.32 Å². The molecule has 1 N–H and O–H groups in total. The predicted octanol–water partition coefficient (Wildman–Crippen LogP) is 3.07. The number of rotatable bonds is 5. The van der Waals surface area contributed by atoms with Crippen LogP contribution >= 0.6 is 11.3 Å². The average molecular weight is 367 g/mol. The van der Waals surface area contributed by atoms with Crippen LogP contribution in [0.3, 0.4) is 0 Å². The summed E-state index contributed by atoms with van der Waals surface area (Å²) in [5.74, 6) is 0.0974. The van der Waals surface area contributed by atoms with Gasteiger partial charge in [-0.05, 0) is 24.3 Å². The van der Waals surface area contributed by atoms with Crippen LogP contribution in [0.25, 0.3) is 11.3 Å². The van der Waals surface area contributed by atoms with Gasteiger partial charge in [0.15, 0.2) is 0 Å². The largest absolute Gasteiger partial charge is 0.350 e. The van der Waals surface area contributed by atoms with Crippen LogP contribution in [0.15, 0.2) is 42.3 Å². The van der Waals surface area contributed by atoms with E-state index in [1.807, 2.05) is 24.7 Å². The molecule has 1 aliphatic carbocycles. The molecule has 0 bridgehead atoms. The molecule has 1 saturated carbocycles. The summed E-state index contributed by atoms with van der Waals surface area (Å²) in [7, 11) is 1.87. The van der Waals surface area contributed by atoms with Crippen LogP contribution in [0.5, 0.6) is 0 Å². The summed E-state index contributed by atoms with van der Waals surface area (Å²) in [6, 6.07) is 4.11. The Bertz CT molecular complexity index is 896. The number of hydrogen-bond donors (Lipinski definition) is 1. The molecule has 26 heavy (non-hydrogen) atoms. The third-order valence-corrected chi connectivity index (χ3v) is 6.13. The second-order valence-corrected chi connectivity index (χ2v) is 7.65. The van der Waals surface area contributed by atoms with E-state index in [2.05, 4.69) is 26.4 Å². The van der Waals surface area contributed by atoms with Gasteiger partial charge in [-0.3, -0.25) is 19.4 Å². The molecular weight excluding hydrogens is 346 g/mol. The van der Waals surface area contributed by atoms with E-state index >= 15 is 0 Å². The Balaban J connectivity index is 1.55. The highest BCUT2D eigenvalue weighted by Crippen LogP contribution is 2.43. The van der Waals surface area contributed by atoms with Gasteiger partial charge in [-0.2, -0.15) is 5.10 Å². The molecule has 0 spiro atoms. The second-order valence-electron chi connectivity index (χ2n) is 6.70. The maximum absolute atomic E-state index is 13.1. The van der Waals surface area contributed by atoms with E-state index in [4.69, 9.17) is 0 Å². The zero-order valence-corrected chi connectivity index (χ0v) is 15.5. The van der Waals surface area contributed by atoms with Crippen molar-refractivity contribution in [3.63, 3.8) is 0 Å². The third-order valence-electron chi connectivity index (χ3n) is 5.05. The molecule has 6 nitrogen and oxygen atoms in total. The summed E-state index contributed by atoms with van der Waals surface area (Å²) in [6.07, 6.45) is 11.0. The highest BCUT2D eigenvalue weighted by molar-refractivity contribution is 7.10. The average Bonchev–Trinajstić information content (AvgIpc) is 3.40. The lowest BCUT2D eigenvalue weighted by atomic mass is 9.83. The van der Waals surface area contributed by atoms with Gasteiger partial charge >= 0.3 is 0 Å². The summed E-state index contributed by atoms with van der Waals surface area (Å²) < 4.78 is 1.73. The summed E-state index contributed by atoms with van der Waals surface area (Å²) in [6.45, 7) is 0.365. The molecule has 1 amide bonds. The fourth-order valence-electron chi connectivity index (χ4n) is 3.73. The molecule has 1 aliphatic rings. The smallest absolute Gasteiger partial charge is 0.231 e. The van der Waals surface area contributed by atoms with Gasteiger partial charge in [-0.15, -0.1) is 11.3 Å². The van der Waals surface area contributed by atoms with Crippen LogP contribution < -0.4 is 5.32 Å². The zero-order chi connectivity index (χ0) is 18.0. The standard InChI is InChI=1S/C19H21N5OS/c1-24-13-14(11-23-24)17-15(20-8-9-21-17)12-22-18(25)19(6-2-3-7-19)16-5-4-10-26-16/h4-5,8-11,13H,2-3,6-7,12H2,1H3,(H,22,25). The van der Waals surface area contributed by atoms with Crippen molar-refractivity contribution >= 4 is 17.2 Å². The molecule has 4 rings (SSSR count). The maximum atomic E-state index is 13.1. The first-order valence-electron chi connectivity index (χ1n) is 8.80. The Kier molecular flexibility index (Phi) is 4.55. The van der Waals surface area contributed by atoms with E-state index in [9.17, 15) is 4.79 Å². The minimum Gasteiger partial charge on any atom is -0.350 e. The van der Waals surface area contributed by atoms with Crippen LogP contribution in [0.4, 0.5) is 0 Å². The number of aryl methyl sites for hydroxylation is 1. The van der Waals surface area contributed by atoms with Crippen molar-refractivity contribution in [3.8, 4) is 11.3 Å². The van der Waals surface area contributed by atoms with Crippen molar-refractivity contribution in [2.75, 3.05) is 0 Å². The molecule has 7 heteroatoms. The minimum absolute atomic E-state index is 0.0974. The minimum atomic E-state index is -0.384. The number of amides is 1. The van der Waals surface area contributed by atoms with Crippen molar-refractivity contribution in [2.45, 2.75) is 37.6 Å². The third kappa shape index (κ3) is 3.03. The van der Waals surface area contributed by atoms with Crippen LogP contribution in [0.2, 0.25) is 0 Å². The van der Waals surface area contributed by atoms with Gasteiger partial charge in [-0.25, -0.2) is 0 Å². The van der Waals surface area contributed by atoms with Crippen LogP contribution in [-0.2, 0) is 23.8 Å². The molecule has 0 atom stereocenters. The monoisotopic (exact) mass is 367 g/mol. The molecule has 134 valence electrons. The predicted molar refractivity (Wildman–Crippen MR) is 101 cm³/mol.